The highest BCUT2D eigenvalue weighted by Crippen LogP contribution is 2.38. The molecule has 1 aliphatic heterocycles. The Labute approximate surface area is 186 Å². The van der Waals surface area contributed by atoms with E-state index in [0.717, 1.165) is 16.9 Å². The van der Waals surface area contributed by atoms with E-state index >= 15 is 0 Å². The molecule has 1 aliphatic rings. The molecule has 1 aromatic heterocycles. The number of anilines is 1. The molecule has 0 fully saturated rings. The van der Waals surface area contributed by atoms with Gasteiger partial charge >= 0.3 is 5.97 Å². The number of hydrogen-bond donors (Lipinski definition) is 1. The van der Waals surface area contributed by atoms with Gasteiger partial charge in [-0.3, -0.25) is 4.79 Å². The van der Waals surface area contributed by atoms with Crippen LogP contribution in [0.1, 0.15) is 54.1 Å². The zero-order chi connectivity index (χ0) is 22.8. The molecule has 2 heterocycles. The van der Waals surface area contributed by atoms with Crippen molar-refractivity contribution in [2.75, 3.05) is 24.3 Å². The van der Waals surface area contributed by atoms with Gasteiger partial charge in [0.05, 0.1) is 23.7 Å². The Morgan fingerprint density at radius 1 is 1.16 bits per heavy atom. The highest BCUT2D eigenvalue weighted by Gasteiger charge is 2.32. The van der Waals surface area contributed by atoms with Gasteiger partial charge in [-0.1, -0.05) is 32.9 Å². The van der Waals surface area contributed by atoms with Gasteiger partial charge in [-0.2, -0.15) is 0 Å². The third-order valence-corrected chi connectivity index (χ3v) is 7.81. The van der Waals surface area contributed by atoms with Crippen molar-refractivity contribution in [2.45, 2.75) is 45.3 Å². The predicted molar refractivity (Wildman–Crippen MR) is 121 cm³/mol. The Hall–Kier alpha value is -2.39. The van der Waals surface area contributed by atoms with Gasteiger partial charge in [0.2, 0.25) is 0 Å². The van der Waals surface area contributed by atoms with Crippen LogP contribution in [0.15, 0.2) is 24.3 Å². The number of nitrogens with one attached hydrogen (secondary N) is 1. The summed E-state index contributed by atoms with van der Waals surface area (Å²) in [5.41, 5.74) is 2.07. The number of carbonyl (C=O) groups excluding carboxylic acids is 2. The van der Waals surface area contributed by atoms with E-state index in [1.54, 1.807) is 6.92 Å². The highest BCUT2D eigenvalue weighted by atomic mass is 32.2. The summed E-state index contributed by atoms with van der Waals surface area (Å²) in [4.78, 5) is 25.5. The second kappa shape index (κ2) is 9.00. The second-order valence-electron chi connectivity index (χ2n) is 8.38. The lowest BCUT2D eigenvalue weighted by Gasteiger charge is -2.19. The lowest BCUT2D eigenvalue weighted by atomic mass is 9.87. The fourth-order valence-electron chi connectivity index (χ4n) is 3.29. The Morgan fingerprint density at radius 3 is 2.45 bits per heavy atom. The van der Waals surface area contributed by atoms with E-state index in [2.05, 4.69) is 26.1 Å². The van der Waals surface area contributed by atoms with Gasteiger partial charge in [0.25, 0.3) is 5.91 Å². The monoisotopic (exact) mass is 465 g/mol. The Bertz CT molecular complexity index is 1080. The van der Waals surface area contributed by atoms with E-state index in [1.807, 2.05) is 24.3 Å². The number of benzene rings is 1. The number of esters is 1. The summed E-state index contributed by atoms with van der Waals surface area (Å²) in [5, 5.41) is 3.00. The van der Waals surface area contributed by atoms with Crippen LogP contribution in [0.2, 0.25) is 0 Å². The molecule has 9 heteroatoms. The molecule has 1 amide bonds. The van der Waals surface area contributed by atoms with E-state index in [0.29, 0.717) is 21.2 Å². The van der Waals surface area contributed by atoms with Crippen LogP contribution in [0.5, 0.6) is 5.75 Å². The minimum absolute atomic E-state index is 0.0190. The van der Waals surface area contributed by atoms with Crippen molar-refractivity contribution in [2.24, 2.45) is 0 Å². The number of carbonyl (C=O) groups is 2. The van der Waals surface area contributed by atoms with Gasteiger partial charge in [0.15, 0.2) is 16.4 Å². The molecule has 0 bridgehead atoms. The Balaban J connectivity index is 1.73. The number of fused-ring (bicyclic) bond motifs is 1. The first-order chi connectivity index (χ1) is 14.5. The summed E-state index contributed by atoms with van der Waals surface area (Å²) in [7, 11) is -3.21. The third-order valence-electron chi connectivity index (χ3n) is 4.93. The Morgan fingerprint density at radius 2 is 1.84 bits per heavy atom. The zero-order valence-corrected chi connectivity index (χ0v) is 19.7. The summed E-state index contributed by atoms with van der Waals surface area (Å²) in [6.45, 7) is 7.98. The standard InChI is InChI=1S/C22H27NO6S2/c1-5-28-21(25)19-16-10-11-31(26,27)13-17(16)30-20(19)23-18(24)12-29-15-8-6-14(7-9-15)22(2,3)4/h6-9H,5,10-13H2,1-4H3,(H,23,24). The van der Waals surface area contributed by atoms with Crippen molar-refractivity contribution in [1.82, 2.24) is 0 Å². The van der Waals surface area contributed by atoms with Crippen LogP contribution < -0.4 is 10.1 Å². The molecule has 1 N–H and O–H groups in total. The molecule has 0 spiro atoms. The van der Waals surface area contributed by atoms with Crippen LogP contribution in [0.25, 0.3) is 0 Å². The molecule has 7 nitrogen and oxygen atoms in total. The lowest BCUT2D eigenvalue weighted by Crippen LogP contribution is -2.22. The minimum Gasteiger partial charge on any atom is -0.484 e. The largest absolute Gasteiger partial charge is 0.484 e. The fourth-order valence-corrected chi connectivity index (χ4v) is 6.35. The van der Waals surface area contributed by atoms with Crippen LogP contribution in [0.3, 0.4) is 0 Å². The lowest BCUT2D eigenvalue weighted by molar-refractivity contribution is -0.118. The molecule has 1 aromatic carbocycles. The molecule has 0 radical (unpaired) electrons. The van der Waals surface area contributed by atoms with Crippen molar-refractivity contribution in [1.29, 1.82) is 0 Å². The third kappa shape index (κ3) is 5.65. The topological polar surface area (TPSA) is 98.8 Å². The summed E-state index contributed by atoms with van der Waals surface area (Å²) in [5.74, 6) is -0.596. The SMILES string of the molecule is CCOC(=O)c1c(NC(=O)COc2ccc(C(C)(C)C)cc2)sc2c1CCS(=O)(=O)C2. The first kappa shape index (κ1) is 23.3. The van der Waals surface area contributed by atoms with Gasteiger partial charge in [0, 0.05) is 4.88 Å². The van der Waals surface area contributed by atoms with E-state index in [4.69, 9.17) is 9.47 Å². The van der Waals surface area contributed by atoms with Gasteiger partial charge in [-0.05, 0) is 42.0 Å². The first-order valence-electron chi connectivity index (χ1n) is 10.1. The first-order valence-corrected chi connectivity index (χ1v) is 12.7. The summed E-state index contributed by atoms with van der Waals surface area (Å²) in [6.07, 6.45) is 0.231. The van der Waals surface area contributed by atoms with Crippen molar-refractivity contribution in [3.05, 3.63) is 45.8 Å². The quantitative estimate of drug-likeness (QED) is 0.653. The highest BCUT2D eigenvalue weighted by molar-refractivity contribution is 7.90. The maximum atomic E-state index is 12.5. The van der Waals surface area contributed by atoms with E-state index in [-0.39, 0.29) is 42.1 Å². The van der Waals surface area contributed by atoms with Crippen LogP contribution in [-0.2, 0) is 37.0 Å². The van der Waals surface area contributed by atoms with Gasteiger partial charge in [-0.15, -0.1) is 11.3 Å². The Kier molecular flexibility index (Phi) is 6.76. The average Bonchev–Trinajstić information content (AvgIpc) is 3.01. The number of sulfone groups is 1. The molecule has 2 aromatic rings. The number of hydrogen-bond acceptors (Lipinski definition) is 7. The van der Waals surface area contributed by atoms with Gasteiger partial charge in [0.1, 0.15) is 10.8 Å². The smallest absolute Gasteiger partial charge is 0.341 e. The molecule has 0 saturated carbocycles. The number of ether oxygens (including phenoxy) is 2. The summed E-state index contributed by atoms with van der Waals surface area (Å²) >= 11 is 1.11. The van der Waals surface area contributed by atoms with Crippen molar-refractivity contribution in [3.63, 3.8) is 0 Å². The predicted octanol–water partition coefficient (Wildman–Crippen LogP) is 3.71. The molecule has 3 rings (SSSR count). The minimum atomic E-state index is -3.21. The van der Waals surface area contributed by atoms with Crippen molar-refractivity contribution < 1.29 is 27.5 Å². The summed E-state index contributed by atoms with van der Waals surface area (Å²) in [6, 6.07) is 7.54. The van der Waals surface area contributed by atoms with Crippen LogP contribution >= 0.6 is 11.3 Å². The van der Waals surface area contributed by atoms with Crippen molar-refractivity contribution in [3.8, 4) is 5.75 Å². The van der Waals surface area contributed by atoms with E-state index in [9.17, 15) is 18.0 Å². The molecule has 31 heavy (non-hydrogen) atoms. The van der Waals surface area contributed by atoms with E-state index in [1.165, 1.54) is 0 Å². The molecular formula is C22H27NO6S2. The van der Waals surface area contributed by atoms with Crippen LogP contribution in [0.4, 0.5) is 5.00 Å². The molecule has 0 saturated heterocycles. The summed E-state index contributed by atoms with van der Waals surface area (Å²) < 4.78 is 34.7. The van der Waals surface area contributed by atoms with Crippen molar-refractivity contribution >= 4 is 38.1 Å². The molecule has 0 atom stereocenters. The van der Waals surface area contributed by atoms with Crippen LogP contribution in [-0.4, -0.2) is 39.3 Å². The number of amides is 1. The van der Waals surface area contributed by atoms with Gasteiger partial charge in [-0.25, -0.2) is 13.2 Å². The normalized spacial score (nSPS) is 15.1. The molecule has 168 valence electrons. The molecule has 0 aliphatic carbocycles. The average molecular weight is 466 g/mol. The van der Waals surface area contributed by atoms with E-state index < -0.39 is 21.7 Å². The maximum absolute atomic E-state index is 12.5. The number of thiophene rings is 1. The maximum Gasteiger partial charge on any atom is 0.341 e. The van der Waals surface area contributed by atoms with Gasteiger partial charge < -0.3 is 14.8 Å². The number of rotatable bonds is 6. The molecular weight excluding hydrogens is 438 g/mol. The van der Waals surface area contributed by atoms with Crippen LogP contribution in [0, 0.1) is 0 Å². The zero-order valence-electron chi connectivity index (χ0n) is 18.1. The second-order valence-corrected chi connectivity index (χ2v) is 11.7. The fraction of sp³-hybridized carbons (Fsp3) is 0.455. The molecule has 0 unspecified atom stereocenters.